The lowest BCUT2D eigenvalue weighted by molar-refractivity contribution is -0.114. The average Bonchev–Trinajstić information content (AvgIpc) is 3.04. The highest BCUT2D eigenvalue weighted by Crippen LogP contribution is 2.25. The average molecular weight is 365 g/mol. The third kappa shape index (κ3) is 4.73. The van der Waals surface area contributed by atoms with Gasteiger partial charge in [-0.2, -0.15) is 0 Å². The van der Waals surface area contributed by atoms with Crippen molar-refractivity contribution < 1.29 is 9.59 Å². The van der Waals surface area contributed by atoms with Crippen LogP contribution < -0.4 is 10.6 Å². The van der Waals surface area contributed by atoms with Gasteiger partial charge >= 0.3 is 0 Å². The van der Waals surface area contributed by atoms with Crippen LogP contribution >= 0.6 is 11.3 Å². The topological polar surface area (TPSA) is 84.0 Å². The van der Waals surface area contributed by atoms with E-state index in [1.54, 1.807) is 24.5 Å². The molecule has 131 valence electrons. The monoisotopic (exact) mass is 365 g/mol. The summed E-state index contributed by atoms with van der Waals surface area (Å²) in [6.45, 7) is 1.41. The Labute approximate surface area is 155 Å². The number of hydrogen-bond acceptors (Lipinski definition) is 5. The number of aromatic nitrogens is 2. The summed E-state index contributed by atoms with van der Waals surface area (Å²) in [5, 5.41) is 5.89. The molecule has 0 saturated heterocycles. The van der Waals surface area contributed by atoms with Crippen molar-refractivity contribution in [2.24, 2.45) is 0 Å². The maximum absolute atomic E-state index is 12.7. The molecule has 3 rings (SSSR count). The molecule has 0 saturated carbocycles. The Balaban J connectivity index is 1.80. The van der Waals surface area contributed by atoms with Crippen LogP contribution in [-0.2, 0) is 17.6 Å². The van der Waals surface area contributed by atoms with Crippen LogP contribution in [-0.4, -0.2) is 21.8 Å². The number of aryl methyl sites for hydroxylation is 2. The Morgan fingerprint density at radius 2 is 1.96 bits per heavy atom. The van der Waals surface area contributed by atoms with Crippen LogP contribution in [0.5, 0.6) is 0 Å². The molecule has 0 spiro atoms. The molecule has 0 bridgehead atoms. The van der Waals surface area contributed by atoms with Crippen molar-refractivity contribution in [3.63, 3.8) is 0 Å². The third-order valence-corrected chi connectivity index (χ3v) is 4.56. The zero-order valence-corrected chi connectivity index (χ0v) is 15.0. The number of carbonyl (C=O) groups excluding carboxylic acids is 2. The standard InChI is InChI=1S/C19H17N4O2S/c1-13(24)21-19-23-16(10-9-14-6-3-2-4-7-14)17(26-19)18(25)22-15-8-5-11-20-12-15/h3-8,11-12H,9-10H2,1H3,(H,22,25)(H,21,23,24). The van der Waals surface area contributed by atoms with Gasteiger partial charge in [-0.15, -0.1) is 0 Å². The molecule has 0 aliphatic heterocycles. The van der Waals surface area contributed by atoms with E-state index < -0.39 is 0 Å². The van der Waals surface area contributed by atoms with Crippen LogP contribution in [0.1, 0.15) is 27.9 Å². The molecule has 0 fully saturated rings. The van der Waals surface area contributed by atoms with E-state index in [1.807, 2.05) is 24.3 Å². The Morgan fingerprint density at radius 1 is 1.15 bits per heavy atom. The van der Waals surface area contributed by atoms with E-state index >= 15 is 0 Å². The first-order valence-electron chi connectivity index (χ1n) is 8.05. The van der Waals surface area contributed by atoms with Gasteiger partial charge in [0.1, 0.15) is 4.88 Å². The fourth-order valence-electron chi connectivity index (χ4n) is 2.38. The van der Waals surface area contributed by atoms with Gasteiger partial charge in [-0.1, -0.05) is 35.6 Å². The van der Waals surface area contributed by atoms with Crippen LogP contribution in [0.15, 0.2) is 48.8 Å². The molecule has 26 heavy (non-hydrogen) atoms. The first kappa shape index (κ1) is 17.8. The van der Waals surface area contributed by atoms with Gasteiger partial charge in [-0.05, 0) is 36.6 Å². The van der Waals surface area contributed by atoms with Crippen LogP contribution in [0.25, 0.3) is 0 Å². The molecule has 7 heteroatoms. The number of nitrogens with one attached hydrogen (secondary N) is 2. The molecule has 0 aliphatic carbocycles. The Hall–Kier alpha value is -3.06. The number of nitrogens with zero attached hydrogens (tertiary/aromatic N) is 2. The van der Waals surface area contributed by atoms with Crippen LogP contribution in [0.3, 0.4) is 0 Å². The fraction of sp³-hybridized carbons (Fsp3) is 0.158. The molecule has 0 atom stereocenters. The lowest BCUT2D eigenvalue weighted by atomic mass is 10.1. The van der Waals surface area contributed by atoms with Gasteiger partial charge in [-0.3, -0.25) is 14.6 Å². The lowest BCUT2D eigenvalue weighted by Gasteiger charge is -2.05. The number of thiazole rings is 1. The maximum Gasteiger partial charge on any atom is 0.267 e. The minimum absolute atomic E-state index is 0.219. The van der Waals surface area contributed by atoms with Crippen molar-refractivity contribution in [3.8, 4) is 0 Å². The van der Waals surface area contributed by atoms with E-state index in [9.17, 15) is 9.59 Å². The van der Waals surface area contributed by atoms with Gasteiger partial charge in [0, 0.05) is 13.1 Å². The molecule has 3 aromatic rings. The number of pyridine rings is 1. The molecule has 2 amide bonds. The highest BCUT2D eigenvalue weighted by molar-refractivity contribution is 7.17. The van der Waals surface area contributed by atoms with Crippen molar-refractivity contribution in [3.05, 3.63) is 71.0 Å². The van der Waals surface area contributed by atoms with E-state index in [0.717, 1.165) is 12.0 Å². The molecule has 6 nitrogen and oxygen atoms in total. The summed E-state index contributed by atoms with van der Waals surface area (Å²) in [5.41, 5.74) is 2.40. The number of benzene rings is 1. The summed E-state index contributed by atoms with van der Waals surface area (Å²) in [6, 6.07) is 14.2. The fourth-order valence-corrected chi connectivity index (χ4v) is 3.33. The lowest BCUT2D eigenvalue weighted by Crippen LogP contribution is -2.13. The van der Waals surface area contributed by atoms with E-state index in [1.165, 1.54) is 18.3 Å². The normalized spacial score (nSPS) is 10.3. The van der Waals surface area contributed by atoms with Gasteiger partial charge in [0.2, 0.25) is 5.91 Å². The molecule has 2 aromatic heterocycles. The number of hydrogen-bond donors (Lipinski definition) is 2. The van der Waals surface area contributed by atoms with Crippen LogP contribution in [0, 0.1) is 6.07 Å². The van der Waals surface area contributed by atoms with Gasteiger partial charge < -0.3 is 10.6 Å². The van der Waals surface area contributed by atoms with Gasteiger partial charge in [0.25, 0.3) is 5.91 Å². The summed E-state index contributed by atoms with van der Waals surface area (Å²) in [4.78, 5) is 32.9. The predicted octanol–water partition coefficient (Wildman–Crippen LogP) is 3.33. The first-order valence-corrected chi connectivity index (χ1v) is 8.87. The number of anilines is 2. The first-order chi connectivity index (χ1) is 12.6. The molecule has 2 heterocycles. The number of amides is 2. The van der Waals surface area contributed by atoms with Gasteiger partial charge in [0.15, 0.2) is 5.13 Å². The third-order valence-electron chi connectivity index (χ3n) is 3.54. The minimum Gasteiger partial charge on any atom is -0.320 e. The van der Waals surface area contributed by atoms with Crippen molar-refractivity contribution in [1.82, 2.24) is 9.97 Å². The summed E-state index contributed by atoms with van der Waals surface area (Å²) in [7, 11) is 0. The minimum atomic E-state index is -0.261. The maximum atomic E-state index is 12.7. The van der Waals surface area contributed by atoms with Crippen molar-refractivity contribution in [2.45, 2.75) is 19.8 Å². The second kappa shape index (κ2) is 8.35. The molecule has 0 unspecified atom stereocenters. The summed E-state index contributed by atoms with van der Waals surface area (Å²) in [6.07, 6.45) is 4.55. The van der Waals surface area contributed by atoms with E-state index in [4.69, 9.17) is 0 Å². The Morgan fingerprint density at radius 3 is 2.65 bits per heavy atom. The summed E-state index contributed by atoms with van der Waals surface area (Å²) < 4.78 is 0. The largest absolute Gasteiger partial charge is 0.320 e. The Kier molecular flexibility index (Phi) is 5.70. The SMILES string of the molecule is CC(=O)Nc1nc(CCc2cc[c]cc2)c(C(=O)Nc2cccnc2)s1. The molecule has 2 N–H and O–H groups in total. The Bertz CT molecular complexity index is 894. The zero-order chi connectivity index (χ0) is 18.4. The van der Waals surface area contributed by atoms with Gasteiger partial charge in [-0.25, -0.2) is 4.98 Å². The number of rotatable bonds is 6. The molecule has 1 radical (unpaired) electrons. The van der Waals surface area contributed by atoms with Crippen LogP contribution in [0.4, 0.5) is 10.8 Å². The molecular formula is C19H17N4O2S. The van der Waals surface area contributed by atoms with Crippen molar-refractivity contribution >= 4 is 34.0 Å². The quantitative estimate of drug-likeness (QED) is 0.702. The molecular weight excluding hydrogens is 348 g/mol. The second-order valence-electron chi connectivity index (χ2n) is 5.58. The predicted molar refractivity (Wildman–Crippen MR) is 101 cm³/mol. The van der Waals surface area contributed by atoms with E-state index in [2.05, 4.69) is 26.7 Å². The van der Waals surface area contributed by atoms with Crippen molar-refractivity contribution in [2.75, 3.05) is 10.6 Å². The smallest absolute Gasteiger partial charge is 0.267 e. The zero-order valence-electron chi connectivity index (χ0n) is 14.2. The second-order valence-corrected chi connectivity index (χ2v) is 6.58. The molecule has 0 aliphatic rings. The highest BCUT2D eigenvalue weighted by Gasteiger charge is 2.19. The summed E-state index contributed by atoms with van der Waals surface area (Å²) >= 11 is 1.17. The number of carbonyl (C=O) groups is 2. The summed E-state index contributed by atoms with van der Waals surface area (Å²) in [5.74, 6) is -0.480. The molecule has 1 aromatic carbocycles. The van der Waals surface area contributed by atoms with Gasteiger partial charge in [0.05, 0.1) is 17.6 Å². The van der Waals surface area contributed by atoms with E-state index in [0.29, 0.717) is 27.8 Å². The highest BCUT2D eigenvalue weighted by atomic mass is 32.1. The van der Waals surface area contributed by atoms with E-state index in [-0.39, 0.29) is 11.8 Å². The van der Waals surface area contributed by atoms with Crippen molar-refractivity contribution in [1.29, 1.82) is 0 Å². The van der Waals surface area contributed by atoms with Crippen LogP contribution in [0.2, 0.25) is 0 Å².